The van der Waals surface area contributed by atoms with Crippen molar-refractivity contribution in [3.8, 4) is 0 Å². The molecule has 0 atom stereocenters. The third kappa shape index (κ3) is 2.67. The highest BCUT2D eigenvalue weighted by atomic mass is 35.5. The minimum absolute atomic E-state index is 0.605. The average molecular weight is 235 g/mol. The molecule has 0 saturated heterocycles. The minimum Gasteiger partial charge on any atom is -0.378 e. The maximum Gasteiger partial charge on any atom is 0.125 e. The van der Waals surface area contributed by atoms with Crippen LogP contribution in [0.4, 0.5) is 5.69 Å². The summed E-state index contributed by atoms with van der Waals surface area (Å²) in [6.07, 6.45) is 5.04. The molecule has 0 aliphatic rings. The van der Waals surface area contributed by atoms with Crippen molar-refractivity contribution in [3.05, 3.63) is 47.3 Å². The van der Waals surface area contributed by atoms with E-state index in [4.69, 9.17) is 11.6 Å². The Morgan fingerprint density at radius 3 is 2.94 bits per heavy atom. The molecule has 5 heteroatoms. The lowest BCUT2D eigenvalue weighted by molar-refractivity contribution is 0.955. The van der Waals surface area contributed by atoms with E-state index in [1.54, 1.807) is 18.6 Å². The Morgan fingerprint density at radius 2 is 2.19 bits per heavy atom. The Bertz CT molecular complexity index is 487. The van der Waals surface area contributed by atoms with E-state index in [9.17, 15) is 0 Å². The quantitative estimate of drug-likeness (QED) is 0.886. The number of halogens is 1. The number of hydrogen-bond donors (Lipinski definition) is 1. The van der Waals surface area contributed by atoms with E-state index in [1.165, 1.54) is 0 Å². The number of aromatic nitrogens is 3. The monoisotopic (exact) mass is 234 g/mol. The number of nitrogens with one attached hydrogen (secondary N) is 1. The number of pyridine rings is 1. The van der Waals surface area contributed by atoms with E-state index in [0.717, 1.165) is 17.2 Å². The highest BCUT2D eigenvalue weighted by Crippen LogP contribution is 2.19. The molecule has 2 aromatic rings. The first-order valence-corrected chi connectivity index (χ1v) is 5.25. The summed E-state index contributed by atoms with van der Waals surface area (Å²) < 4.78 is 0. The molecule has 2 rings (SSSR count). The average Bonchev–Trinajstić information content (AvgIpc) is 2.28. The lowest BCUT2D eigenvalue weighted by Crippen LogP contribution is -2.03. The molecule has 0 bridgehead atoms. The molecule has 0 unspecified atom stereocenters. The van der Waals surface area contributed by atoms with Crippen molar-refractivity contribution in [3.63, 3.8) is 0 Å². The molecule has 0 saturated carbocycles. The largest absolute Gasteiger partial charge is 0.378 e. The normalized spacial score (nSPS) is 10.1. The molecule has 0 spiro atoms. The van der Waals surface area contributed by atoms with Gasteiger partial charge >= 0.3 is 0 Å². The number of nitrogens with zero attached hydrogens (tertiary/aromatic N) is 3. The van der Waals surface area contributed by atoms with E-state index < -0.39 is 0 Å². The van der Waals surface area contributed by atoms with Gasteiger partial charge in [0.2, 0.25) is 0 Å². The Labute approximate surface area is 98.7 Å². The van der Waals surface area contributed by atoms with Crippen molar-refractivity contribution in [2.24, 2.45) is 0 Å². The third-order valence-corrected chi connectivity index (χ3v) is 2.37. The molecule has 0 amide bonds. The summed E-state index contributed by atoms with van der Waals surface area (Å²) in [6.45, 7) is 2.48. The van der Waals surface area contributed by atoms with Crippen molar-refractivity contribution in [2.75, 3.05) is 5.32 Å². The predicted octanol–water partition coefficient (Wildman–Crippen LogP) is 2.45. The van der Waals surface area contributed by atoms with Crippen LogP contribution in [0.25, 0.3) is 0 Å². The fraction of sp³-hybridized carbons (Fsp3) is 0.182. The number of hydrogen-bond acceptors (Lipinski definition) is 4. The summed E-state index contributed by atoms with van der Waals surface area (Å²) in [7, 11) is 0. The van der Waals surface area contributed by atoms with Gasteiger partial charge in [-0.05, 0) is 19.1 Å². The zero-order chi connectivity index (χ0) is 11.4. The molecule has 0 radical (unpaired) electrons. The fourth-order valence-electron chi connectivity index (χ4n) is 1.31. The van der Waals surface area contributed by atoms with Gasteiger partial charge < -0.3 is 5.32 Å². The third-order valence-electron chi connectivity index (χ3n) is 2.07. The fourth-order valence-corrected chi connectivity index (χ4v) is 1.49. The summed E-state index contributed by atoms with van der Waals surface area (Å²) in [4.78, 5) is 12.2. The molecule has 16 heavy (non-hydrogen) atoms. The maximum atomic E-state index is 5.96. The molecular weight excluding hydrogens is 224 g/mol. The molecule has 0 aliphatic carbocycles. The molecule has 82 valence electrons. The van der Waals surface area contributed by atoms with Gasteiger partial charge in [0.15, 0.2) is 0 Å². The van der Waals surface area contributed by atoms with E-state index in [-0.39, 0.29) is 0 Å². The molecular formula is C11H11ClN4. The van der Waals surface area contributed by atoms with Crippen LogP contribution in [-0.4, -0.2) is 15.0 Å². The first-order valence-electron chi connectivity index (χ1n) is 4.87. The smallest absolute Gasteiger partial charge is 0.125 e. The van der Waals surface area contributed by atoms with E-state index in [2.05, 4.69) is 20.3 Å². The predicted molar refractivity (Wildman–Crippen MR) is 63.3 cm³/mol. The molecule has 4 nitrogen and oxygen atoms in total. The Hall–Kier alpha value is -1.68. The van der Waals surface area contributed by atoms with Crippen LogP contribution in [0.3, 0.4) is 0 Å². The molecule has 0 aliphatic heterocycles. The van der Waals surface area contributed by atoms with Gasteiger partial charge in [0.05, 0.1) is 22.9 Å². The molecule has 1 N–H and O–H groups in total. The minimum atomic E-state index is 0.605. The van der Waals surface area contributed by atoms with Gasteiger partial charge in [-0.25, -0.2) is 9.97 Å². The number of rotatable bonds is 3. The molecule has 2 heterocycles. The van der Waals surface area contributed by atoms with Crippen LogP contribution >= 0.6 is 11.6 Å². The van der Waals surface area contributed by atoms with Crippen LogP contribution < -0.4 is 5.32 Å². The molecule has 0 fully saturated rings. The summed E-state index contributed by atoms with van der Waals surface area (Å²) in [5.74, 6) is 0.764. The topological polar surface area (TPSA) is 50.7 Å². The standard InChI is InChI=1S/C11H11ClN4/c1-8-14-5-2-9(16-8)6-15-11-3-4-13-7-10(11)12/h2-5,7H,6H2,1H3,(H,13,15). The van der Waals surface area contributed by atoms with Gasteiger partial charge in [-0.1, -0.05) is 11.6 Å². The van der Waals surface area contributed by atoms with Gasteiger partial charge in [-0.15, -0.1) is 0 Å². The van der Waals surface area contributed by atoms with Crippen molar-refractivity contribution < 1.29 is 0 Å². The van der Waals surface area contributed by atoms with Crippen LogP contribution in [0.15, 0.2) is 30.7 Å². The summed E-state index contributed by atoms with van der Waals surface area (Å²) in [5.41, 5.74) is 1.79. The van der Waals surface area contributed by atoms with Gasteiger partial charge in [-0.2, -0.15) is 0 Å². The lowest BCUT2D eigenvalue weighted by atomic mass is 10.3. The second-order valence-corrected chi connectivity index (χ2v) is 3.71. The highest BCUT2D eigenvalue weighted by molar-refractivity contribution is 6.33. The maximum absolute atomic E-state index is 5.96. The van der Waals surface area contributed by atoms with Gasteiger partial charge in [0, 0.05) is 18.6 Å². The highest BCUT2D eigenvalue weighted by Gasteiger charge is 2.00. The number of anilines is 1. The van der Waals surface area contributed by atoms with Crippen LogP contribution in [-0.2, 0) is 6.54 Å². The first kappa shape index (κ1) is 10.8. The SMILES string of the molecule is Cc1nccc(CNc2ccncc2Cl)n1. The first-order chi connectivity index (χ1) is 7.75. The lowest BCUT2D eigenvalue weighted by Gasteiger charge is -2.07. The van der Waals surface area contributed by atoms with Crippen LogP contribution in [0.1, 0.15) is 11.5 Å². The van der Waals surface area contributed by atoms with Gasteiger partial charge in [-0.3, -0.25) is 4.98 Å². The van der Waals surface area contributed by atoms with Crippen molar-refractivity contribution in [1.82, 2.24) is 15.0 Å². The van der Waals surface area contributed by atoms with E-state index in [0.29, 0.717) is 11.6 Å². The van der Waals surface area contributed by atoms with Crippen LogP contribution in [0.5, 0.6) is 0 Å². The second kappa shape index (κ2) is 4.90. The van der Waals surface area contributed by atoms with Crippen molar-refractivity contribution in [1.29, 1.82) is 0 Å². The van der Waals surface area contributed by atoms with Crippen LogP contribution in [0.2, 0.25) is 5.02 Å². The summed E-state index contributed by atoms with van der Waals surface area (Å²) >= 11 is 5.96. The Morgan fingerprint density at radius 1 is 1.31 bits per heavy atom. The zero-order valence-electron chi connectivity index (χ0n) is 8.81. The summed E-state index contributed by atoms with van der Waals surface area (Å²) in [6, 6.07) is 3.70. The molecule has 0 aromatic carbocycles. The van der Waals surface area contributed by atoms with Crippen molar-refractivity contribution >= 4 is 17.3 Å². The van der Waals surface area contributed by atoms with Crippen LogP contribution in [0, 0.1) is 6.92 Å². The zero-order valence-corrected chi connectivity index (χ0v) is 9.57. The van der Waals surface area contributed by atoms with Gasteiger partial charge in [0.1, 0.15) is 5.82 Å². The molecule has 2 aromatic heterocycles. The second-order valence-electron chi connectivity index (χ2n) is 3.30. The Kier molecular flexibility index (Phi) is 3.31. The van der Waals surface area contributed by atoms with E-state index >= 15 is 0 Å². The van der Waals surface area contributed by atoms with Crippen molar-refractivity contribution in [2.45, 2.75) is 13.5 Å². The summed E-state index contributed by atoms with van der Waals surface area (Å²) in [5, 5.41) is 3.80. The van der Waals surface area contributed by atoms with E-state index in [1.807, 2.05) is 19.1 Å². The van der Waals surface area contributed by atoms with Gasteiger partial charge in [0.25, 0.3) is 0 Å². The Balaban J connectivity index is 2.05. The number of aryl methyl sites for hydroxylation is 1.